The smallest absolute Gasteiger partial charge is 0.231 e. The minimum atomic E-state index is 0.327. The number of fused-ring (bicyclic) bond motifs is 2. The second-order valence-electron chi connectivity index (χ2n) is 9.45. The van der Waals surface area contributed by atoms with E-state index in [2.05, 4.69) is 58.3 Å². The summed E-state index contributed by atoms with van der Waals surface area (Å²) in [5.74, 6) is 1.72. The molecular weight excluding hydrogens is 422 g/mol. The third kappa shape index (κ3) is 3.99. The lowest BCUT2D eigenvalue weighted by atomic mass is 9.94. The minimum Gasteiger partial charge on any atom is -0.454 e. The predicted molar refractivity (Wildman–Crippen MR) is 135 cm³/mol. The van der Waals surface area contributed by atoms with Gasteiger partial charge in [-0.25, -0.2) is 0 Å². The van der Waals surface area contributed by atoms with Crippen LogP contribution in [-0.4, -0.2) is 43.9 Å². The molecule has 34 heavy (non-hydrogen) atoms. The van der Waals surface area contributed by atoms with Gasteiger partial charge >= 0.3 is 0 Å². The van der Waals surface area contributed by atoms with E-state index in [9.17, 15) is 5.26 Å². The van der Waals surface area contributed by atoms with Crippen LogP contribution in [-0.2, 0) is 0 Å². The summed E-state index contributed by atoms with van der Waals surface area (Å²) in [5.41, 5.74) is 4.74. The number of nitriles is 1. The number of hydrogen-bond donors (Lipinski definition) is 0. The maximum Gasteiger partial charge on any atom is 0.231 e. The summed E-state index contributed by atoms with van der Waals surface area (Å²) in [6, 6.07) is 21.6. The van der Waals surface area contributed by atoms with Crippen LogP contribution in [0.5, 0.6) is 11.5 Å². The van der Waals surface area contributed by atoms with Gasteiger partial charge in [0.15, 0.2) is 11.5 Å². The number of piperidine rings is 2. The quantitative estimate of drug-likeness (QED) is 0.520. The minimum absolute atomic E-state index is 0.327. The fourth-order valence-corrected chi connectivity index (χ4v) is 5.66. The Hall–Kier alpha value is -3.49. The Kier molecular flexibility index (Phi) is 5.60. The molecule has 3 aromatic carbocycles. The first-order valence-electron chi connectivity index (χ1n) is 12.3. The van der Waals surface area contributed by atoms with Crippen LogP contribution in [0.3, 0.4) is 0 Å². The van der Waals surface area contributed by atoms with Gasteiger partial charge in [0.25, 0.3) is 0 Å². The SMILES string of the molecule is N#Cc1ccc(C=C2CCN(C3CCN(c4ccc5c(c4)OCO5)CC3)CC2)c2ccccc12. The molecule has 6 rings (SSSR count). The van der Waals surface area contributed by atoms with Crippen molar-refractivity contribution < 1.29 is 9.47 Å². The van der Waals surface area contributed by atoms with E-state index < -0.39 is 0 Å². The molecule has 5 nitrogen and oxygen atoms in total. The van der Waals surface area contributed by atoms with Gasteiger partial charge in [-0.05, 0) is 54.8 Å². The van der Waals surface area contributed by atoms with Crippen molar-refractivity contribution in [2.45, 2.75) is 31.7 Å². The first-order valence-corrected chi connectivity index (χ1v) is 12.3. The first kappa shape index (κ1) is 21.1. The number of hydrogen-bond acceptors (Lipinski definition) is 5. The second kappa shape index (κ2) is 9.04. The Morgan fingerprint density at radius 3 is 2.41 bits per heavy atom. The maximum atomic E-state index is 9.43. The fraction of sp³-hybridized carbons (Fsp3) is 0.345. The number of benzene rings is 3. The Balaban J connectivity index is 1.08. The summed E-state index contributed by atoms with van der Waals surface area (Å²) in [6.07, 6.45) is 7.01. The van der Waals surface area contributed by atoms with Crippen molar-refractivity contribution in [3.05, 3.63) is 71.3 Å². The van der Waals surface area contributed by atoms with E-state index in [1.165, 1.54) is 35.1 Å². The highest BCUT2D eigenvalue weighted by Crippen LogP contribution is 2.36. The fourth-order valence-electron chi connectivity index (χ4n) is 5.66. The topological polar surface area (TPSA) is 48.7 Å². The largest absolute Gasteiger partial charge is 0.454 e. The molecule has 3 aliphatic rings. The molecular formula is C29H29N3O2. The molecule has 2 saturated heterocycles. The molecule has 0 spiro atoms. The second-order valence-corrected chi connectivity index (χ2v) is 9.45. The van der Waals surface area contributed by atoms with Gasteiger partial charge < -0.3 is 14.4 Å². The zero-order valence-electron chi connectivity index (χ0n) is 19.4. The highest BCUT2D eigenvalue weighted by Gasteiger charge is 2.27. The highest BCUT2D eigenvalue weighted by atomic mass is 16.7. The van der Waals surface area contributed by atoms with E-state index in [1.54, 1.807) is 0 Å². The molecule has 3 aromatic rings. The average Bonchev–Trinajstić information content (AvgIpc) is 3.38. The van der Waals surface area contributed by atoms with E-state index >= 15 is 0 Å². The summed E-state index contributed by atoms with van der Waals surface area (Å²) < 4.78 is 11.0. The Bertz CT molecular complexity index is 1270. The van der Waals surface area contributed by atoms with Gasteiger partial charge in [0.05, 0.1) is 11.6 Å². The summed E-state index contributed by atoms with van der Waals surface area (Å²) in [6.45, 7) is 4.76. The van der Waals surface area contributed by atoms with Gasteiger partial charge in [0.1, 0.15) is 0 Å². The molecule has 0 aliphatic carbocycles. The molecule has 0 bridgehead atoms. The van der Waals surface area contributed by atoms with Crippen molar-refractivity contribution in [3.8, 4) is 17.6 Å². The van der Waals surface area contributed by atoms with Gasteiger partial charge in [-0.3, -0.25) is 4.90 Å². The van der Waals surface area contributed by atoms with Crippen molar-refractivity contribution in [1.82, 2.24) is 4.90 Å². The van der Waals surface area contributed by atoms with Crippen LogP contribution in [0.15, 0.2) is 60.2 Å². The molecule has 5 heteroatoms. The van der Waals surface area contributed by atoms with Crippen LogP contribution in [0.4, 0.5) is 5.69 Å². The summed E-state index contributed by atoms with van der Waals surface area (Å²) in [5, 5.41) is 11.7. The predicted octanol–water partition coefficient (Wildman–Crippen LogP) is 5.59. The molecule has 0 N–H and O–H groups in total. The maximum absolute atomic E-state index is 9.43. The van der Waals surface area contributed by atoms with Crippen molar-refractivity contribution in [2.75, 3.05) is 37.9 Å². The summed E-state index contributed by atoms with van der Waals surface area (Å²) >= 11 is 0. The zero-order valence-corrected chi connectivity index (χ0v) is 19.4. The number of likely N-dealkylation sites (tertiary alicyclic amines) is 1. The Morgan fingerprint density at radius 2 is 1.62 bits per heavy atom. The van der Waals surface area contributed by atoms with Gasteiger partial charge in [-0.15, -0.1) is 0 Å². The van der Waals surface area contributed by atoms with Crippen LogP contribution in [0.25, 0.3) is 16.8 Å². The van der Waals surface area contributed by atoms with Crippen LogP contribution >= 0.6 is 0 Å². The molecule has 2 fully saturated rings. The van der Waals surface area contributed by atoms with E-state index in [-0.39, 0.29) is 0 Å². The number of nitrogens with zero attached hydrogens (tertiary/aromatic N) is 3. The van der Waals surface area contributed by atoms with Crippen LogP contribution in [0.2, 0.25) is 0 Å². The summed E-state index contributed by atoms with van der Waals surface area (Å²) in [7, 11) is 0. The van der Waals surface area contributed by atoms with Gasteiger partial charge in [0.2, 0.25) is 6.79 Å². The van der Waals surface area contributed by atoms with Crippen LogP contribution in [0, 0.1) is 11.3 Å². The van der Waals surface area contributed by atoms with Crippen molar-refractivity contribution in [3.63, 3.8) is 0 Å². The number of rotatable bonds is 3. The standard InChI is InChI=1S/C29H29N3O2/c30-19-23-6-5-22(26-3-1-2-4-27(23)26)17-21-9-13-31(14-10-21)24-11-15-32(16-12-24)25-7-8-28-29(18-25)34-20-33-28/h1-8,17-18,24H,9-16,20H2. The van der Waals surface area contributed by atoms with Crippen molar-refractivity contribution in [1.29, 1.82) is 5.26 Å². The van der Waals surface area contributed by atoms with E-state index in [1.807, 2.05) is 18.2 Å². The van der Waals surface area contributed by atoms with E-state index in [4.69, 9.17) is 9.47 Å². The molecule has 0 atom stereocenters. The van der Waals surface area contributed by atoms with Gasteiger partial charge in [-0.2, -0.15) is 5.26 Å². The van der Waals surface area contributed by atoms with E-state index in [0.717, 1.165) is 61.5 Å². The molecule has 3 heterocycles. The average molecular weight is 452 g/mol. The normalized spacial score (nSPS) is 18.8. The molecule has 0 amide bonds. The Labute approximate surface area is 200 Å². The lowest BCUT2D eigenvalue weighted by Gasteiger charge is -2.41. The lowest BCUT2D eigenvalue weighted by Crippen LogP contribution is -2.47. The van der Waals surface area contributed by atoms with Crippen molar-refractivity contribution >= 4 is 22.5 Å². The molecule has 0 unspecified atom stereocenters. The molecule has 172 valence electrons. The third-order valence-electron chi connectivity index (χ3n) is 7.58. The summed E-state index contributed by atoms with van der Waals surface area (Å²) in [4.78, 5) is 5.18. The van der Waals surface area contributed by atoms with E-state index in [0.29, 0.717) is 12.8 Å². The monoisotopic (exact) mass is 451 g/mol. The molecule has 3 aliphatic heterocycles. The molecule has 0 aromatic heterocycles. The van der Waals surface area contributed by atoms with Gasteiger partial charge in [0, 0.05) is 49.4 Å². The van der Waals surface area contributed by atoms with Crippen LogP contribution < -0.4 is 14.4 Å². The highest BCUT2D eigenvalue weighted by molar-refractivity contribution is 5.94. The zero-order chi connectivity index (χ0) is 22.9. The molecule has 0 saturated carbocycles. The Morgan fingerprint density at radius 1 is 0.853 bits per heavy atom. The number of anilines is 1. The third-order valence-corrected chi connectivity index (χ3v) is 7.58. The lowest BCUT2D eigenvalue weighted by molar-refractivity contribution is 0.158. The molecule has 0 radical (unpaired) electrons. The van der Waals surface area contributed by atoms with Gasteiger partial charge in [-0.1, -0.05) is 42.0 Å². The number of ether oxygens (including phenoxy) is 2. The first-order chi connectivity index (χ1) is 16.8. The van der Waals surface area contributed by atoms with Crippen molar-refractivity contribution in [2.24, 2.45) is 0 Å². The van der Waals surface area contributed by atoms with Crippen LogP contribution in [0.1, 0.15) is 36.8 Å².